The molecule has 2 fully saturated rings. The van der Waals surface area contributed by atoms with Crippen LogP contribution in [-0.2, 0) is 11.3 Å². The zero-order valence-corrected chi connectivity index (χ0v) is 15.7. The summed E-state index contributed by atoms with van der Waals surface area (Å²) in [5.41, 5.74) is 1.28. The van der Waals surface area contributed by atoms with E-state index in [-0.39, 0.29) is 12.0 Å². The van der Waals surface area contributed by atoms with Gasteiger partial charge in [0, 0.05) is 19.3 Å². The molecule has 2 aliphatic rings. The Morgan fingerprint density at radius 3 is 2.81 bits per heavy atom. The molecule has 3 heterocycles. The molecule has 144 valence electrons. The van der Waals surface area contributed by atoms with Crippen LogP contribution in [0.1, 0.15) is 67.2 Å². The second-order valence-corrected chi connectivity index (χ2v) is 7.52. The van der Waals surface area contributed by atoms with Crippen LogP contribution in [0.5, 0.6) is 0 Å². The molecule has 1 amide bonds. The highest BCUT2D eigenvalue weighted by Crippen LogP contribution is 2.27. The summed E-state index contributed by atoms with van der Waals surface area (Å²) in [6, 6.07) is 6.13. The van der Waals surface area contributed by atoms with Gasteiger partial charge in [0.15, 0.2) is 5.69 Å². The molecule has 0 spiro atoms. The molecule has 0 bridgehead atoms. The number of pyridine rings is 1. The van der Waals surface area contributed by atoms with E-state index in [9.17, 15) is 4.79 Å². The minimum atomic E-state index is -0.0989. The number of amides is 1. The fraction of sp³-hybridized carbons (Fsp3) is 0.600. The lowest BCUT2D eigenvalue weighted by Gasteiger charge is -2.24. The van der Waals surface area contributed by atoms with Crippen molar-refractivity contribution in [2.75, 3.05) is 13.2 Å². The summed E-state index contributed by atoms with van der Waals surface area (Å²) in [5, 5.41) is 8.44. The summed E-state index contributed by atoms with van der Waals surface area (Å²) >= 11 is 0. The topological polar surface area (TPSA) is 73.1 Å². The molecule has 2 aromatic rings. The van der Waals surface area contributed by atoms with Gasteiger partial charge in [0.05, 0.1) is 30.6 Å². The van der Waals surface area contributed by atoms with Crippen molar-refractivity contribution in [3.63, 3.8) is 0 Å². The molecule has 0 N–H and O–H groups in total. The van der Waals surface area contributed by atoms with Crippen LogP contribution in [0.4, 0.5) is 0 Å². The Hall–Kier alpha value is -2.28. The van der Waals surface area contributed by atoms with Crippen LogP contribution in [-0.4, -0.2) is 50.0 Å². The minimum Gasteiger partial charge on any atom is -0.376 e. The van der Waals surface area contributed by atoms with E-state index in [2.05, 4.69) is 15.3 Å². The standard InChI is InChI=1S/C20H27N5O2/c26-20(19-15-25(23-22-19)17-8-2-1-3-9-17)24(14-18-10-6-12-27-18)13-16-7-4-5-11-21-16/h4-5,7,11,15,17-18H,1-3,6,8-10,12-14H2. The smallest absolute Gasteiger partial charge is 0.276 e. The van der Waals surface area contributed by atoms with Crippen LogP contribution >= 0.6 is 0 Å². The van der Waals surface area contributed by atoms with E-state index < -0.39 is 0 Å². The van der Waals surface area contributed by atoms with Gasteiger partial charge >= 0.3 is 0 Å². The van der Waals surface area contributed by atoms with Crippen molar-refractivity contribution in [1.82, 2.24) is 24.9 Å². The van der Waals surface area contributed by atoms with Gasteiger partial charge in [-0.1, -0.05) is 30.5 Å². The number of ether oxygens (including phenoxy) is 1. The van der Waals surface area contributed by atoms with Gasteiger partial charge in [-0.15, -0.1) is 5.10 Å². The fourth-order valence-corrected chi connectivity index (χ4v) is 4.00. The van der Waals surface area contributed by atoms with E-state index in [4.69, 9.17) is 4.74 Å². The van der Waals surface area contributed by atoms with E-state index >= 15 is 0 Å². The molecule has 1 atom stereocenters. The Labute approximate surface area is 159 Å². The Balaban J connectivity index is 1.49. The van der Waals surface area contributed by atoms with Crippen LogP contribution in [0.3, 0.4) is 0 Å². The van der Waals surface area contributed by atoms with Crippen molar-refractivity contribution in [2.24, 2.45) is 0 Å². The summed E-state index contributed by atoms with van der Waals surface area (Å²) in [5.74, 6) is -0.0989. The summed E-state index contributed by atoms with van der Waals surface area (Å²) in [4.78, 5) is 19.3. The fourth-order valence-electron chi connectivity index (χ4n) is 4.00. The maximum atomic E-state index is 13.2. The van der Waals surface area contributed by atoms with Gasteiger partial charge in [0.2, 0.25) is 0 Å². The summed E-state index contributed by atoms with van der Waals surface area (Å²) < 4.78 is 7.64. The van der Waals surface area contributed by atoms with Crippen molar-refractivity contribution in [3.05, 3.63) is 42.0 Å². The van der Waals surface area contributed by atoms with Crippen molar-refractivity contribution in [3.8, 4) is 0 Å². The third-order valence-electron chi connectivity index (χ3n) is 5.49. The maximum Gasteiger partial charge on any atom is 0.276 e. The van der Waals surface area contributed by atoms with Gasteiger partial charge in [-0.2, -0.15) is 0 Å². The van der Waals surface area contributed by atoms with Crippen LogP contribution in [0.2, 0.25) is 0 Å². The highest BCUT2D eigenvalue weighted by molar-refractivity contribution is 5.91. The molecule has 0 radical (unpaired) electrons. The molecule has 1 aliphatic carbocycles. The van der Waals surface area contributed by atoms with E-state index in [0.717, 1.165) is 38.0 Å². The number of carbonyl (C=O) groups is 1. The normalized spacial score (nSPS) is 20.7. The third kappa shape index (κ3) is 4.53. The largest absolute Gasteiger partial charge is 0.376 e. The van der Waals surface area contributed by atoms with Crippen LogP contribution in [0.15, 0.2) is 30.6 Å². The molecule has 7 heteroatoms. The predicted molar refractivity (Wildman–Crippen MR) is 100 cm³/mol. The molecule has 0 aromatic carbocycles. The summed E-state index contributed by atoms with van der Waals surface area (Å²) in [6.45, 7) is 1.79. The number of hydrogen-bond acceptors (Lipinski definition) is 5. The van der Waals surface area contributed by atoms with Crippen LogP contribution in [0.25, 0.3) is 0 Å². The van der Waals surface area contributed by atoms with Gasteiger partial charge < -0.3 is 9.64 Å². The quantitative estimate of drug-likeness (QED) is 0.783. The zero-order valence-electron chi connectivity index (χ0n) is 15.7. The number of hydrogen-bond donors (Lipinski definition) is 0. The molecular weight excluding hydrogens is 342 g/mol. The molecule has 1 aliphatic heterocycles. The molecule has 4 rings (SSSR count). The maximum absolute atomic E-state index is 13.2. The molecule has 1 unspecified atom stereocenters. The summed E-state index contributed by atoms with van der Waals surface area (Å²) in [7, 11) is 0. The first-order valence-corrected chi connectivity index (χ1v) is 10.0. The molecular formula is C20H27N5O2. The van der Waals surface area contributed by atoms with Crippen LogP contribution < -0.4 is 0 Å². The average Bonchev–Trinajstić information content (AvgIpc) is 3.41. The van der Waals surface area contributed by atoms with Gasteiger partial charge in [0.1, 0.15) is 0 Å². The zero-order chi connectivity index (χ0) is 18.5. The third-order valence-corrected chi connectivity index (χ3v) is 5.49. The van der Waals surface area contributed by atoms with Gasteiger partial charge in [0.25, 0.3) is 5.91 Å². The van der Waals surface area contributed by atoms with Gasteiger partial charge in [-0.05, 0) is 37.8 Å². The Kier molecular flexibility index (Phi) is 5.77. The lowest BCUT2D eigenvalue weighted by molar-refractivity contribution is 0.0500. The number of aromatic nitrogens is 4. The van der Waals surface area contributed by atoms with Gasteiger partial charge in [-0.25, -0.2) is 4.68 Å². The first-order chi connectivity index (χ1) is 13.3. The number of nitrogens with zero attached hydrogens (tertiary/aromatic N) is 5. The predicted octanol–water partition coefficient (Wildman–Crippen LogP) is 3.00. The van der Waals surface area contributed by atoms with Crippen molar-refractivity contribution < 1.29 is 9.53 Å². The van der Waals surface area contributed by atoms with Gasteiger partial charge in [-0.3, -0.25) is 9.78 Å². The lowest BCUT2D eigenvalue weighted by atomic mass is 9.96. The molecule has 1 saturated carbocycles. The highest BCUT2D eigenvalue weighted by atomic mass is 16.5. The second kappa shape index (κ2) is 8.61. The van der Waals surface area contributed by atoms with Crippen molar-refractivity contribution in [1.29, 1.82) is 0 Å². The Bertz CT molecular complexity index is 736. The Morgan fingerprint density at radius 2 is 2.07 bits per heavy atom. The van der Waals surface area contributed by atoms with Crippen LogP contribution in [0, 0.1) is 0 Å². The second-order valence-electron chi connectivity index (χ2n) is 7.52. The lowest BCUT2D eigenvalue weighted by Crippen LogP contribution is -2.37. The first-order valence-electron chi connectivity index (χ1n) is 10.0. The van der Waals surface area contributed by atoms with E-state index in [1.165, 1.54) is 19.3 Å². The summed E-state index contributed by atoms with van der Waals surface area (Å²) in [6.07, 6.45) is 11.7. The van der Waals surface area contributed by atoms with E-state index in [1.807, 2.05) is 29.1 Å². The monoisotopic (exact) mass is 369 g/mol. The van der Waals surface area contributed by atoms with Crippen molar-refractivity contribution in [2.45, 2.75) is 63.6 Å². The number of rotatable bonds is 6. The number of carbonyl (C=O) groups excluding carboxylic acids is 1. The molecule has 7 nitrogen and oxygen atoms in total. The highest BCUT2D eigenvalue weighted by Gasteiger charge is 2.26. The molecule has 27 heavy (non-hydrogen) atoms. The average molecular weight is 369 g/mol. The molecule has 2 aromatic heterocycles. The first kappa shape index (κ1) is 18.1. The molecule has 1 saturated heterocycles. The Morgan fingerprint density at radius 1 is 1.19 bits per heavy atom. The van der Waals surface area contributed by atoms with E-state index in [0.29, 0.717) is 24.8 Å². The minimum absolute atomic E-state index is 0.0889. The van der Waals surface area contributed by atoms with E-state index in [1.54, 1.807) is 11.1 Å². The van der Waals surface area contributed by atoms with Crippen molar-refractivity contribution >= 4 is 5.91 Å². The SMILES string of the molecule is O=C(c1cn(C2CCCCC2)nn1)N(Cc1ccccn1)CC1CCCO1.